The van der Waals surface area contributed by atoms with Gasteiger partial charge in [-0.15, -0.1) is 0 Å². The Hall–Kier alpha value is -3.90. The first-order valence-corrected chi connectivity index (χ1v) is 17.9. The minimum absolute atomic E-state index is 0.0316. The highest BCUT2D eigenvalue weighted by molar-refractivity contribution is 6.31. The van der Waals surface area contributed by atoms with Crippen LogP contribution in [0.15, 0.2) is 55.4 Å². The second kappa shape index (κ2) is 14.5. The maximum atomic E-state index is 12.6. The van der Waals surface area contributed by atoms with Crippen LogP contribution in [0.4, 0.5) is 28.7 Å². The van der Waals surface area contributed by atoms with Crippen LogP contribution in [0.25, 0.3) is 0 Å². The van der Waals surface area contributed by atoms with Gasteiger partial charge in [-0.3, -0.25) is 19.4 Å². The van der Waals surface area contributed by atoms with E-state index in [1.165, 1.54) is 31.8 Å². The van der Waals surface area contributed by atoms with E-state index in [-0.39, 0.29) is 11.9 Å². The molecule has 49 heavy (non-hydrogen) atoms. The lowest BCUT2D eigenvalue weighted by molar-refractivity contribution is -0.111. The number of ether oxygens (including phenoxy) is 1. The molecule has 3 saturated heterocycles. The number of amides is 1. The third-order valence-corrected chi connectivity index (χ3v) is 10.9. The molecule has 2 N–H and O–H groups in total. The highest BCUT2D eigenvalue weighted by atomic mass is 35.5. The molecule has 4 heterocycles. The molecule has 12 heteroatoms. The zero-order valence-electron chi connectivity index (χ0n) is 28.7. The van der Waals surface area contributed by atoms with Gasteiger partial charge in [0.15, 0.2) is 5.82 Å². The summed E-state index contributed by atoms with van der Waals surface area (Å²) < 4.78 is 5.90. The van der Waals surface area contributed by atoms with Gasteiger partial charge in [-0.05, 0) is 68.9 Å². The van der Waals surface area contributed by atoms with Gasteiger partial charge in [-0.1, -0.05) is 30.3 Å². The average molecular weight is 687 g/mol. The van der Waals surface area contributed by atoms with Crippen LogP contribution in [0.3, 0.4) is 0 Å². The van der Waals surface area contributed by atoms with Gasteiger partial charge in [0, 0.05) is 74.4 Å². The molecule has 1 amide bonds. The van der Waals surface area contributed by atoms with Crippen LogP contribution in [-0.4, -0.2) is 90.2 Å². The Morgan fingerprint density at radius 1 is 1.04 bits per heavy atom. The van der Waals surface area contributed by atoms with Crippen LogP contribution in [-0.2, 0) is 9.63 Å². The fourth-order valence-electron chi connectivity index (χ4n) is 7.77. The van der Waals surface area contributed by atoms with Crippen molar-refractivity contribution >= 4 is 46.2 Å². The summed E-state index contributed by atoms with van der Waals surface area (Å²) in [6.07, 6.45) is 8.49. The fourth-order valence-corrected chi connectivity index (χ4v) is 7.95. The number of hydrogen-bond acceptors (Lipinski definition) is 10. The lowest BCUT2D eigenvalue weighted by Gasteiger charge is -2.46. The molecule has 0 radical (unpaired) electrons. The van der Waals surface area contributed by atoms with Crippen LogP contribution in [0, 0.1) is 6.92 Å². The number of piperazine rings is 1. The van der Waals surface area contributed by atoms with Crippen molar-refractivity contribution in [3.63, 3.8) is 0 Å². The van der Waals surface area contributed by atoms with Gasteiger partial charge in [0.1, 0.15) is 17.9 Å². The van der Waals surface area contributed by atoms with Crippen molar-refractivity contribution in [2.45, 2.75) is 70.1 Å². The zero-order valence-corrected chi connectivity index (χ0v) is 29.5. The summed E-state index contributed by atoms with van der Waals surface area (Å²) >= 11 is 6.46. The normalized spacial score (nSPS) is 22.3. The molecule has 2 atom stereocenters. The van der Waals surface area contributed by atoms with Gasteiger partial charge in [0.05, 0.1) is 36.8 Å². The van der Waals surface area contributed by atoms with E-state index >= 15 is 0 Å². The summed E-state index contributed by atoms with van der Waals surface area (Å²) in [6.45, 7) is 13.9. The number of anilines is 5. The predicted octanol–water partition coefficient (Wildman–Crippen LogP) is 6.34. The molecule has 4 fully saturated rings. The van der Waals surface area contributed by atoms with Crippen molar-refractivity contribution in [2.75, 3.05) is 67.0 Å². The number of nitrogens with one attached hydrogen (secondary N) is 2. The number of methoxy groups -OCH3 is 1. The number of carbonyl (C=O) groups excluding carboxylic acids is 1. The van der Waals surface area contributed by atoms with Crippen molar-refractivity contribution in [3.8, 4) is 5.75 Å². The van der Waals surface area contributed by atoms with E-state index in [1.807, 2.05) is 42.3 Å². The van der Waals surface area contributed by atoms with Crippen molar-refractivity contribution in [1.82, 2.24) is 19.8 Å². The number of carbonyl (C=O) groups is 1. The van der Waals surface area contributed by atoms with Crippen LogP contribution in [0.5, 0.6) is 5.75 Å². The topological polar surface area (TPSA) is 98.3 Å². The summed E-state index contributed by atoms with van der Waals surface area (Å²) in [6, 6.07) is 13.7. The number of nitrogens with zero attached hydrogens (tertiary/aromatic N) is 6. The van der Waals surface area contributed by atoms with Gasteiger partial charge < -0.3 is 20.3 Å². The Labute approximate surface area is 294 Å². The lowest BCUT2D eigenvalue weighted by Crippen LogP contribution is -2.57. The van der Waals surface area contributed by atoms with E-state index in [9.17, 15) is 4.79 Å². The first kappa shape index (κ1) is 33.6. The summed E-state index contributed by atoms with van der Waals surface area (Å²) in [5.41, 5.74) is 4.41. The second-order valence-electron chi connectivity index (χ2n) is 13.6. The molecule has 0 spiro atoms. The molecule has 2 aromatic carbocycles. The largest absolute Gasteiger partial charge is 0.494 e. The third kappa shape index (κ3) is 7.21. The second-order valence-corrected chi connectivity index (χ2v) is 14.0. The number of hydroxylamine groups is 1. The monoisotopic (exact) mass is 686 g/mol. The number of halogens is 1. The number of benzene rings is 2. The number of hydrogen-bond donors (Lipinski definition) is 2. The molecule has 0 bridgehead atoms. The highest BCUT2D eigenvalue weighted by Crippen LogP contribution is 2.41. The van der Waals surface area contributed by atoms with E-state index < -0.39 is 0 Å². The van der Waals surface area contributed by atoms with E-state index in [1.54, 1.807) is 7.11 Å². The van der Waals surface area contributed by atoms with E-state index in [0.29, 0.717) is 47.5 Å². The maximum absolute atomic E-state index is 12.6. The standard InChI is InChI=1S/C37H47ClN8O3/c1-5-37(47)42-30-19-31(41-35-21-36(40-23-39-35)46-32(13-18-49-46)28-7-6-8-29(38)25(28)3)34(48-4)20-33(30)43-14-11-26(12-15-43)44-16-17-45(24(2)22-44)27-9-10-27/h5-8,19-21,23-24,26-27,32H,1,9-18,22H2,2-4H3,(H,42,47)(H,39,40,41)/t24-,32+/m0/s1. The van der Waals surface area contributed by atoms with Gasteiger partial charge in [0.2, 0.25) is 5.91 Å². The highest BCUT2D eigenvalue weighted by Gasteiger charge is 2.38. The molecule has 260 valence electrons. The molecule has 11 nitrogen and oxygen atoms in total. The summed E-state index contributed by atoms with van der Waals surface area (Å²) in [5.74, 6) is 1.56. The molecule has 0 unspecified atom stereocenters. The van der Waals surface area contributed by atoms with Crippen molar-refractivity contribution in [1.29, 1.82) is 0 Å². The van der Waals surface area contributed by atoms with E-state index in [4.69, 9.17) is 21.2 Å². The van der Waals surface area contributed by atoms with Gasteiger partial charge in [-0.2, -0.15) is 0 Å². The summed E-state index contributed by atoms with van der Waals surface area (Å²) in [5, 5.41) is 9.01. The Morgan fingerprint density at radius 3 is 2.59 bits per heavy atom. The van der Waals surface area contributed by atoms with Gasteiger partial charge in [-0.25, -0.2) is 15.0 Å². The molecular weight excluding hydrogens is 640 g/mol. The third-order valence-electron chi connectivity index (χ3n) is 10.5. The molecule has 7 rings (SSSR count). The first-order chi connectivity index (χ1) is 23.8. The molecule has 1 saturated carbocycles. The summed E-state index contributed by atoms with van der Waals surface area (Å²) in [7, 11) is 1.66. The molecule has 3 aliphatic heterocycles. The number of rotatable bonds is 10. The van der Waals surface area contributed by atoms with Crippen LogP contribution < -0.4 is 25.3 Å². The quantitative estimate of drug-likeness (QED) is 0.235. The van der Waals surface area contributed by atoms with Crippen molar-refractivity contribution in [3.05, 3.63) is 71.5 Å². The minimum atomic E-state index is -0.271. The van der Waals surface area contributed by atoms with Crippen LogP contribution >= 0.6 is 11.6 Å². The summed E-state index contributed by atoms with van der Waals surface area (Å²) in [4.78, 5) is 35.5. The molecule has 3 aromatic rings. The van der Waals surface area contributed by atoms with E-state index in [2.05, 4.69) is 54.9 Å². The Balaban J connectivity index is 1.09. The molecule has 1 aromatic heterocycles. The fraction of sp³-hybridized carbons (Fsp3) is 0.486. The maximum Gasteiger partial charge on any atom is 0.247 e. The van der Waals surface area contributed by atoms with Gasteiger partial charge in [0.25, 0.3) is 0 Å². The minimum Gasteiger partial charge on any atom is -0.494 e. The zero-order chi connectivity index (χ0) is 34.1. The first-order valence-electron chi connectivity index (χ1n) is 17.5. The van der Waals surface area contributed by atoms with Crippen molar-refractivity contribution < 1.29 is 14.4 Å². The molecule has 1 aliphatic carbocycles. The number of aromatic nitrogens is 2. The van der Waals surface area contributed by atoms with E-state index in [0.717, 1.165) is 73.3 Å². The van der Waals surface area contributed by atoms with Crippen molar-refractivity contribution in [2.24, 2.45) is 0 Å². The SMILES string of the molecule is C=CC(=O)Nc1cc(Nc2cc(N3OCC[C@@H]3c3cccc(Cl)c3C)ncn2)c(OC)cc1N1CCC(N2CCN(C3CC3)[C@@H](C)C2)CC1. The molecule has 4 aliphatic rings. The number of piperidine rings is 1. The van der Waals surface area contributed by atoms with Crippen LogP contribution in [0.2, 0.25) is 5.02 Å². The lowest BCUT2D eigenvalue weighted by atomic mass is 9.99. The van der Waals surface area contributed by atoms with Crippen LogP contribution in [0.1, 0.15) is 56.2 Å². The Kier molecular flexibility index (Phi) is 9.96. The van der Waals surface area contributed by atoms with Gasteiger partial charge >= 0.3 is 0 Å². The predicted molar refractivity (Wildman–Crippen MR) is 195 cm³/mol. The Morgan fingerprint density at radius 2 is 1.86 bits per heavy atom. The Bertz CT molecular complexity index is 1680. The molecular formula is C37H47ClN8O3. The average Bonchev–Trinajstić information content (AvgIpc) is 3.84. The smallest absolute Gasteiger partial charge is 0.247 e.